The van der Waals surface area contributed by atoms with Gasteiger partial charge in [0.25, 0.3) is 5.91 Å². The molecular formula is C21H27ClN4O. The SMILES string of the molecule is CCN(CC)C1C(c2cccc(Cl)c2)C(=O)N(C(C)C)N1c1ccccn1. The molecule has 0 saturated carbocycles. The van der Waals surface area contributed by atoms with Gasteiger partial charge in [-0.3, -0.25) is 9.69 Å². The monoisotopic (exact) mass is 386 g/mol. The molecule has 1 amide bonds. The molecule has 0 radical (unpaired) electrons. The van der Waals surface area contributed by atoms with Crippen LogP contribution in [0.3, 0.4) is 0 Å². The Morgan fingerprint density at radius 3 is 2.44 bits per heavy atom. The molecule has 6 heteroatoms. The minimum atomic E-state index is -0.326. The highest BCUT2D eigenvalue weighted by Crippen LogP contribution is 2.39. The van der Waals surface area contributed by atoms with E-state index in [2.05, 4.69) is 28.7 Å². The zero-order valence-electron chi connectivity index (χ0n) is 16.3. The summed E-state index contributed by atoms with van der Waals surface area (Å²) < 4.78 is 0. The third kappa shape index (κ3) is 3.66. The number of hydrazine groups is 1. The van der Waals surface area contributed by atoms with Gasteiger partial charge in [-0.05, 0) is 56.8 Å². The van der Waals surface area contributed by atoms with E-state index in [0.29, 0.717) is 5.02 Å². The van der Waals surface area contributed by atoms with E-state index >= 15 is 0 Å². The van der Waals surface area contributed by atoms with Gasteiger partial charge in [-0.2, -0.15) is 0 Å². The lowest BCUT2D eigenvalue weighted by atomic mass is 9.95. The molecule has 2 aromatic rings. The van der Waals surface area contributed by atoms with E-state index in [4.69, 9.17) is 11.6 Å². The zero-order valence-corrected chi connectivity index (χ0v) is 17.1. The molecule has 1 aromatic heterocycles. The average molecular weight is 387 g/mol. The van der Waals surface area contributed by atoms with Gasteiger partial charge in [0, 0.05) is 17.3 Å². The topological polar surface area (TPSA) is 39.7 Å². The third-order valence-electron chi connectivity index (χ3n) is 5.04. The van der Waals surface area contributed by atoms with Crippen LogP contribution in [0.5, 0.6) is 0 Å². The standard InChI is InChI=1S/C21H27ClN4O/c1-5-24(6-2)20-19(16-10-9-11-17(22)14-16)21(27)25(15(3)4)26(20)18-12-7-8-13-23-18/h7-15,19-20H,5-6H2,1-4H3. The summed E-state index contributed by atoms with van der Waals surface area (Å²) in [5.41, 5.74) is 0.938. The summed E-state index contributed by atoms with van der Waals surface area (Å²) in [6.07, 6.45) is 1.62. The van der Waals surface area contributed by atoms with E-state index in [1.54, 1.807) is 6.20 Å². The van der Waals surface area contributed by atoms with Gasteiger partial charge in [0.1, 0.15) is 17.9 Å². The first-order chi connectivity index (χ1) is 13.0. The number of hydrogen-bond acceptors (Lipinski definition) is 4. The van der Waals surface area contributed by atoms with E-state index < -0.39 is 0 Å². The van der Waals surface area contributed by atoms with Crippen LogP contribution in [0, 0.1) is 0 Å². The fraction of sp³-hybridized carbons (Fsp3) is 0.429. The summed E-state index contributed by atoms with van der Waals surface area (Å²) in [5, 5.41) is 4.55. The first kappa shape index (κ1) is 19.6. The second-order valence-corrected chi connectivity index (χ2v) is 7.41. The molecule has 2 atom stereocenters. The normalized spacial score (nSPS) is 20.2. The van der Waals surface area contributed by atoms with Crippen LogP contribution in [0.1, 0.15) is 39.2 Å². The van der Waals surface area contributed by atoms with Gasteiger partial charge in [-0.1, -0.05) is 43.6 Å². The second kappa shape index (κ2) is 8.28. The molecule has 144 valence electrons. The maximum absolute atomic E-state index is 13.6. The van der Waals surface area contributed by atoms with Crippen LogP contribution in [-0.4, -0.2) is 46.1 Å². The van der Waals surface area contributed by atoms with Crippen LogP contribution >= 0.6 is 11.6 Å². The van der Waals surface area contributed by atoms with E-state index in [1.807, 2.05) is 61.3 Å². The molecule has 0 N–H and O–H groups in total. The molecular weight excluding hydrogens is 360 g/mol. The number of benzene rings is 1. The van der Waals surface area contributed by atoms with E-state index in [1.165, 1.54) is 0 Å². The van der Waals surface area contributed by atoms with Crippen LogP contribution in [0.2, 0.25) is 5.02 Å². The number of carbonyl (C=O) groups is 1. The Bertz CT molecular complexity index is 779. The van der Waals surface area contributed by atoms with Crippen LogP contribution in [-0.2, 0) is 4.79 Å². The highest BCUT2D eigenvalue weighted by molar-refractivity contribution is 6.30. The van der Waals surface area contributed by atoms with Crippen LogP contribution in [0.25, 0.3) is 0 Å². The van der Waals surface area contributed by atoms with Crippen molar-refractivity contribution in [1.82, 2.24) is 14.9 Å². The molecule has 0 spiro atoms. The zero-order chi connectivity index (χ0) is 19.6. The summed E-state index contributed by atoms with van der Waals surface area (Å²) in [4.78, 5) is 20.4. The van der Waals surface area contributed by atoms with Gasteiger partial charge in [0.15, 0.2) is 0 Å². The van der Waals surface area contributed by atoms with Gasteiger partial charge in [-0.15, -0.1) is 0 Å². The van der Waals surface area contributed by atoms with Crippen molar-refractivity contribution in [3.63, 3.8) is 0 Å². The van der Waals surface area contributed by atoms with E-state index in [0.717, 1.165) is 24.5 Å². The maximum Gasteiger partial charge on any atom is 0.252 e. The molecule has 0 aliphatic carbocycles. The lowest BCUT2D eigenvalue weighted by molar-refractivity contribution is -0.130. The van der Waals surface area contributed by atoms with Crippen molar-refractivity contribution in [1.29, 1.82) is 0 Å². The minimum absolute atomic E-state index is 0.0155. The summed E-state index contributed by atoms with van der Waals surface area (Å²) in [5.74, 6) is 0.531. The van der Waals surface area contributed by atoms with E-state index in [9.17, 15) is 4.79 Å². The number of rotatable bonds is 6. The number of nitrogens with zero attached hydrogens (tertiary/aromatic N) is 4. The lowest BCUT2D eigenvalue weighted by Gasteiger charge is -2.40. The first-order valence-electron chi connectivity index (χ1n) is 9.52. The molecule has 1 fully saturated rings. The Kier molecular flexibility index (Phi) is 6.02. The number of aromatic nitrogens is 1. The molecule has 1 saturated heterocycles. The van der Waals surface area contributed by atoms with Gasteiger partial charge in [0.2, 0.25) is 0 Å². The molecule has 2 unspecified atom stereocenters. The molecule has 0 bridgehead atoms. The summed E-state index contributed by atoms with van der Waals surface area (Å²) in [6, 6.07) is 13.5. The van der Waals surface area contributed by atoms with Crippen molar-refractivity contribution in [2.75, 3.05) is 18.1 Å². The fourth-order valence-electron chi connectivity index (χ4n) is 3.86. The fourth-order valence-corrected chi connectivity index (χ4v) is 4.06. The number of carbonyl (C=O) groups excluding carboxylic acids is 1. The Morgan fingerprint density at radius 2 is 1.89 bits per heavy atom. The minimum Gasteiger partial charge on any atom is -0.281 e. The largest absolute Gasteiger partial charge is 0.281 e. The molecule has 3 rings (SSSR count). The smallest absolute Gasteiger partial charge is 0.252 e. The van der Waals surface area contributed by atoms with Crippen LogP contribution in [0.15, 0.2) is 48.7 Å². The van der Waals surface area contributed by atoms with Gasteiger partial charge >= 0.3 is 0 Å². The number of pyridine rings is 1. The molecule has 27 heavy (non-hydrogen) atoms. The number of halogens is 1. The predicted octanol–water partition coefficient (Wildman–Crippen LogP) is 4.16. The van der Waals surface area contributed by atoms with Gasteiger partial charge in [-0.25, -0.2) is 15.0 Å². The highest BCUT2D eigenvalue weighted by Gasteiger charge is 2.51. The highest BCUT2D eigenvalue weighted by atomic mass is 35.5. The van der Waals surface area contributed by atoms with Gasteiger partial charge < -0.3 is 0 Å². The summed E-state index contributed by atoms with van der Waals surface area (Å²) in [7, 11) is 0. The van der Waals surface area contributed by atoms with Crippen molar-refractivity contribution in [2.24, 2.45) is 0 Å². The number of anilines is 1. The second-order valence-electron chi connectivity index (χ2n) is 6.98. The summed E-state index contributed by atoms with van der Waals surface area (Å²) >= 11 is 6.25. The number of amides is 1. The average Bonchev–Trinajstić information content (AvgIpc) is 2.97. The number of likely N-dealkylation sites (N-methyl/N-ethyl adjacent to an activating group) is 1. The van der Waals surface area contributed by atoms with E-state index in [-0.39, 0.29) is 24.0 Å². The Labute approximate surface area is 166 Å². The maximum atomic E-state index is 13.6. The molecule has 2 heterocycles. The van der Waals surface area contributed by atoms with Crippen molar-refractivity contribution in [3.05, 3.63) is 59.2 Å². The molecule has 1 aliphatic heterocycles. The molecule has 1 aromatic carbocycles. The molecule has 5 nitrogen and oxygen atoms in total. The number of hydrogen-bond donors (Lipinski definition) is 0. The van der Waals surface area contributed by atoms with Gasteiger partial charge in [0.05, 0.1) is 0 Å². The van der Waals surface area contributed by atoms with Crippen molar-refractivity contribution >= 4 is 23.3 Å². The van der Waals surface area contributed by atoms with Crippen molar-refractivity contribution in [3.8, 4) is 0 Å². The quantitative estimate of drug-likeness (QED) is 0.747. The Hall–Kier alpha value is -2.11. The Balaban J connectivity index is 2.18. The van der Waals surface area contributed by atoms with Crippen LogP contribution < -0.4 is 5.01 Å². The Morgan fingerprint density at radius 1 is 1.15 bits per heavy atom. The van der Waals surface area contributed by atoms with Crippen molar-refractivity contribution < 1.29 is 4.79 Å². The lowest BCUT2D eigenvalue weighted by Crippen LogP contribution is -2.53. The first-order valence-corrected chi connectivity index (χ1v) is 9.90. The predicted molar refractivity (Wildman–Crippen MR) is 110 cm³/mol. The summed E-state index contributed by atoms with van der Waals surface area (Å²) in [6.45, 7) is 9.98. The molecule has 1 aliphatic rings. The van der Waals surface area contributed by atoms with Crippen LogP contribution in [0.4, 0.5) is 5.82 Å². The van der Waals surface area contributed by atoms with Crippen molar-refractivity contribution in [2.45, 2.75) is 45.8 Å². The third-order valence-corrected chi connectivity index (χ3v) is 5.28.